The van der Waals surface area contributed by atoms with Gasteiger partial charge in [-0.05, 0) is 122 Å². The maximum Gasteiger partial charge on any atom is 0.413 e. The predicted octanol–water partition coefficient (Wildman–Crippen LogP) is 9.98. The van der Waals surface area contributed by atoms with Crippen molar-refractivity contribution in [3.63, 3.8) is 0 Å². The summed E-state index contributed by atoms with van der Waals surface area (Å²) in [4.78, 5) is 48.3. The van der Waals surface area contributed by atoms with E-state index in [-0.39, 0.29) is 24.7 Å². The molecule has 2 atom stereocenters. The van der Waals surface area contributed by atoms with E-state index < -0.39 is 35.3 Å². The van der Waals surface area contributed by atoms with Crippen LogP contribution in [0.4, 0.5) is 21.2 Å². The molecule has 2 aromatic carbocycles. The second kappa shape index (κ2) is 19.8. The zero-order valence-electron chi connectivity index (χ0n) is 35.6. The molecule has 58 heavy (non-hydrogen) atoms. The molecule has 316 valence electrons. The van der Waals surface area contributed by atoms with E-state index in [9.17, 15) is 24.3 Å². The number of aromatic nitrogens is 4. The highest BCUT2D eigenvalue weighted by atomic mass is 79.9. The van der Waals surface area contributed by atoms with E-state index in [4.69, 9.17) is 14.2 Å². The highest BCUT2D eigenvalue weighted by Gasteiger charge is 2.30. The summed E-state index contributed by atoms with van der Waals surface area (Å²) in [7, 11) is 4.86. The number of hydrogen-bond acceptors (Lipinski definition) is 9. The van der Waals surface area contributed by atoms with Gasteiger partial charge in [0.2, 0.25) is 0 Å². The molecule has 0 fully saturated rings. The van der Waals surface area contributed by atoms with Gasteiger partial charge < -0.3 is 19.3 Å². The third kappa shape index (κ3) is 13.4. The Hall–Kier alpha value is -4.70. The van der Waals surface area contributed by atoms with Gasteiger partial charge >= 0.3 is 24.1 Å². The van der Waals surface area contributed by atoms with Crippen LogP contribution in [0.5, 0.6) is 0 Å². The highest BCUT2D eigenvalue weighted by Crippen LogP contribution is 2.40. The molecule has 0 aliphatic rings. The number of aliphatic carboxylic acids is 1. The summed E-state index contributed by atoms with van der Waals surface area (Å²) in [6, 6.07) is 11.8. The second-order valence-electron chi connectivity index (χ2n) is 16.0. The zero-order chi connectivity index (χ0) is 43.9. The van der Waals surface area contributed by atoms with E-state index in [1.165, 1.54) is 11.8 Å². The van der Waals surface area contributed by atoms with Crippen LogP contribution in [0.2, 0.25) is 0 Å². The molecule has 3 N–H and O–H groups in total. The quantitative estimate of drug-likeness (QED) is 0.0970. The van der Waals surface area contributed by atoms with Gasteiger partial charge in [-0.1, -0.05) is 44.0 Å². The number of carboxylic acid groups (broad SMARTS) is 1. The van der Waals surface area contributed by atoms with Gasteiger partial charge in [-0.15, -0.1) is 0 Å². The van der Waals surface area contributed by atoms with Crippen LogP contribution in [0, 0.1) is 27.7 Å². The lowest BCUT2D eigenvalue weighted by atomic mass is 9.84. The molecule has 0 radical (unpaired) electrons. The largest absolute Gasteiger partial charge is 0.481 e. The first-order valence-corrected chi connectivity index (χ1v) is 20.3. The molecule has 4 aromatic rings. The van der Waals surface area contributed by atoms with Gasteiger partial charge in [-0.2, -0.15) is 10.2 Å². The summed E-state index contributed by atoms with van der Waals surface area (Å²) in [5.41, 5.74) is 5.64. The maximum atomic E-state index is 12.5. The Balaban J connectivity index is 0.000000311. The lowest BCUT2D eigenvalue weighted by Crippen LogP contribution is -2.28. The predicted molar refractivity (Wildman–Crippen MR) is 231 cm³/mol. The summed E-state index contributed by atoms with van der Waals surface area (Å²) in [5.74, 6) is -0.851. The van der Waals surface area contributed by atoms with Crippen molar-refractivity contribution >= 4 is 67.6 Å². The molecule has 14 nitrogen and oxygen atoms in total. The Labute approximate surface area is 357 Å². The Morgan fingerprint density at radius 3 is 1.48 bits per heavy atom. The summed E-state index contributed by atoms with van der Waals surface area (Å²) in [5, 5.41) is 24.1. The summed E-state index contributed by atoms with van der Waals surface area (Å²) in [6.07, 6.45) is -0.524. The standard InChI is InChI=1S/C22H30BrN3O4.C20H26BrN3O4/c1-13-12-15(23)8-9-16(13)17(10-11-18(27)29-7)19-14(2)25-26(6)20(19)24-21(28)30-22(3,4)5;1-11-9-13(21)7-8-14(11)15(10-16(25)26)17-12(2)23-24(6)18(17)22-19(27)28-20(3,4)5/h8-9,12,17H,10-11H2,1-7H3,(H,24,28);7-9,15H,10H2,1-6H3,(H,22,27)(H,25,26). The van der Waals surface area contributed by atoms with Gasteiger partial charge in [0.15, 0.2) is 0 Å². The topological polar surface area (TPSA) is 176 Å². The number of benzene rings is 2. The number of anilines is 2. The third-order valence-electron chi connectivity index (χ3n) is 8.93. The minimum atomic E-state index is -0.932. The van der Waals surface area contributed by atoms with Crippen molar-refractivity contribution in [3.8, 4) is 0 Å². The number of esters is 1. The number of ether oxygens (including phenoxy) is 3. The molecule has 2 unspecified atom stereocenters. The molecular formula is C42H56Br2N6O8. The SMILES string of the molecule is COC(=O)CCC(c1ccc(Br)cc1C)c1c(C)nn(C)c1NC(=O)OC(C)(C)C.Cc1cc(Br)ccc1C(CC(=O)O)c1c(C)nn(C)c1NC(=O)OC(C)(C)C. The number of nitrogens with one attached hydrogen (secondary N) is 2. The molecule has 0 bridgehead atoms. The van der Waals surface area contributed by atoms with E-state index in [0.717, 1.165) is 42.5 Å². The molecule has 0 aliphatic carbocycles. The van der Waals surface area contributed by atoms with Gasteiger partial charge in [0, 0.05) is 52.4 Å². The Morgan fingerprint density at radius 1 is 0.724 bits per heavy atom. The van der Waals surface area contributed by atoms with Crippen LogP contribution in [0.15, 0.2) is 45.3 Å². The molecule has 0 saturated heterocycles. The van der Waals surface area contributed by atoms with Crippen molar-refractivity contribution in [2.45, 2.75) is 112 Å². The number of methoxy groups -OCH3 is 1. The third-order valence-corrected chi connectivity index (χ3v) is 9.92. The van der Waals surface area contributed by atoms with Crippen molar-refractivity contribution in [3.05, 3.63) is 90.1 Å². The Morgan fingerprint density at radius 2 is 1.12 bits per heavy atom. The van der Waals surface area contributed by atoms with Gasteiger partial charge in [0.1, 0.15) is 22.8 Å². The number of aryl methyl sites for hydroxylation is 6. The first-order chi connectivity index (χ1) is 26.8. The maximum absolute atomic E-state index is 12.5. The van der Waals surface area contributed by atoms with Gasteiger partial charge in [-0.3, -0.25) is 29.6 Å². The molecule has 0 aliphatic heterocycles. The van der Waals surface area contributed by atoms with Crippen LogP contribution in [0.25, 0.3) is 0 Å². The van der Waals surface area contributed by atoms with Crippen LogP contribution in [0.1, 0.15) is 117 Å². The van der Waals surface area contributed by atoms with E-state index in [2.05, 4.69) is 52.7 Å². The summed E-state index contributed by atoms with van der Waals surface area (Å²) in [6.45, 7) is 18.4. The van der Waals surface area contributed by atoms with Crippen LogP contribution in [-0.4, -0.2) is 67.1 Å². The van der Waals surface area contributed by atoms with E-state index in [1.54, 1.807) is 46.5 Å². The van der Waals surface area contributed by atoms with E-state index >= 15 is 0 Å². The van der Waals surface area contributed by atoms with Crippen molar-refractivity contribution in [2.75, 3.05) is 17.7 Å². The van der Waals surface area contributed by atoms with Crippen molar-refractivity contribution in [1.29, 1.82) is 0 Å². The first-order valence-electron chi connectivity index (χ1n) is 18.7. The number of hydrogen-bond donors (Lipinski definition) is 3. The normalized spacial score (nSPS) is 12.5. The van der Waals surface area contributed by atoms with Crippen molar-refractivity contribution in [2.24, 2.45) is 14.1 Å². The number of rotatable bonds is 11. The lowest BCUT2D eigenvalue weighted by Gasteiger charge is -2.23. The zero-order valence-corrected chi connectivity index (χ0v) is 38.8. The van der Waals surface area contributed by atoms with Crippen molar-refractivity contribution < 1.29 is 38.5 Å². The summed E-state index contributed by atoms with van der Waals surface area (Å²) >= 11 is 6.94. The lowest BCUT2D eigenvalue weighted by molar-refractivity contribution is -0.141. The minimum Gasteiger partial charge on any atom is -0.481 e. The number of carboxylic acids is 1. The smallest absolute Gasteiger partial charge is 0.413 e. The molecule has 2 amide bonds. The van der Waals surface area contributed by atoms with Crippen LogP contribution in [0.3, 0.4) is 0 Å². The van der Waals surface area contributed by atoms with Crippen LogP contribution in [-0.2, 0) is 37.9 Å². The second-order valence-corrected chi connectivity index (χ2v) is 17.8. The van der Waals surface area contributed by atoms with Crippen molar-refractivity contribution in [1.82, 2.24) is 19.6 Å². The number of carbonyl (C=O) groups is 4. The fraction of sp³-hybridized carbons (Fsp3) is 0.476. The average molecular weight is 933 g/mol. The van der Waals surface area contributed by atoms with Gasteiger partial charge in [0.05, 0.1) is 24.9 Å². The number of carbonyl (C=O) groups excluding carboxylic acids is 3. The average Bonchev–Trinajstić information content (AvgIpc) is 3.50. The number of nitrogens with zero attached hydrogens (tertiary/aromatic N) is 4. The Bertz CT molecular complexity index is 2130. The molecule has 2 heterocycles. The van der Waals surface area contributed by atoms with Gasteiger partial charge in [0.25, 0.3) is 0 Å². The number of halogens is 2. The highest BCUT2D eigenvalue weighted by molar-refractivity contribution is 9.10. The monoisotopic (exact) mass is 930 g/mol. The fourth-order valence-electron chi connectivity index (χ4n) is 6.70. The minimum absolute atomic E-state index is 0.127. The van der Waals surface area contributed by atoms with E-state index in [0.29, 0.717) is 29.3 Å². The number of amides is 2. The molecule has 0 saturated carbocycles. The summed E-state index contributed by atoms with van der Waals surface area (Å²) < 4.78 is 20.7. The molecule has 0 spiro atoms. The van der Waals surface area contributed by atoms with Gasteiger partial charge in [-0.25, -0.2) is 9.59 Å². The van der Waals surface area contributed by atoms with Crippen LogP contribution >= 0.6 is 31.9 Å². The van der Waals surface area contributed by atoms with E-state index in [1.807, 2.05) is 77.9 Å². The molecule has 2 aromatic heterocycles. The first kappa shape index (κ1) is 47.7. The molecule has 4 rings (SSSR count). The Kier molecular flexibility index (Phi) is 16.3. The molecule has 16 heteroatoms. The van der Waals surface area contributed by atoms with Crippen LogP contribution < -0.4 is 10.6 Å². The fourth-order valence-corrected chi connectivity index (χ4v) is 7.65. The molecular weight excluding hydrogens is 876 g/mol.